The number of carbonyl (C=O) groups is 1. The molecule has 0 saturated carbocycles. The van der Waals surface area contributed by atoms with Crippen LogP contribution in [0.5, 0.6) is 0 Å². The third kappa shape index (κ3) is 2.48. The summed E-state index contributed by atoms with van der Waals surface area (Å²) in [6.07, 6.45) is -1.26. The van der Waals surface area contributed by atoms with Crippen LogP contribution in [0.2, 0.25) is 0 Å². The Balaban J connectivity index is 2.16. The average Bonchev–Trinajstić information content (AvgIpc) is 2.37. The number of hydrogen-bond donors (Lipinski definition) is 0. The van der Waals surface area contributed by atoms with E-state index in [-0.39, 0.29) is 13.2 Å². The van der Waals surface area contributed by atoms with Crippen molar-refractivity contribution in [2.24, 2.45) is 0 Å². The van der Waals surface area contributed by atoms with Crippen molar-refractivity contribution in [2.45, 2.75) is 13.2 Å². The van der Waals surface area contributed by atoms with Crippen LogP contribution in [0.15, 0.2) is 0 Å². The molecule has 1 fully saturated rings. The van der Waals surface area contributed by atoms with E-state index < -0.39 is 12.4 Å². The van der Waals surface area contributed by atoms with Gasteiger partial charge in [-0.2, -0.15) is 0 Å². The maximum atomic E-state index is 10.3. The Hall–Kier alpha value is -1.21. The van der Waals surface area contributed by atoms with Crippen molar-refractivity contribution < 1.29 is 19.0 Å². The van der Waals surface area contributed by atoms with Gasteiger partial charge in [-0.1, -0.05) is 5.92 Å². The quantitative estimate of drug-likeness (QED) is 0.432. The summed E-state index contributed by atoms with van der Waals surface area (Å²) in [5, 5.41) is 0. The second-order valence-electron chi connectivity index (χ2n) is 1.85. The van der Waals surface area contributed by atoms with Crippen LogP contribution in [0.4, 0.5) is 4.79 Å². The van der Waals surface area contributed by atoms with E-state index in [9.17, 15) is 4.79 Å². The standard InChI is InChI=1S/C7H8O4/c1-2-3-4-9-6-5-10-7(8)11-6/h6H,4-5H2,1H3. The zero-order valence-electron chi connectivity index (χ0n) is 6.12. The molecule has 4 heteroatoms. The van der Waals surface area contributed by atoms with Gasteiger partial charge in [0.2, 0.25) is 6.29 Å². The fourth-order valence-corrected chi connectivity index (χ4v) is 0.600. The largest absolute Gasteiger partial charge is 0.510 e. The minimum Gasteiger partial charge on any atom is -0.428 e. The predicted octanol–water partition coefficient (Wildman–Crippen LogP) is 0.519. The molecule has 0 aromatic heterocycles. The fraction of sp³-hybridized carbons (Fsp3) is 0.571. The molecule has 1 rings (SSSR count). The molecule has 0 spiro atoms. The van der Waals surface area contributed by atoms with Gasteiger partial charge in [0.25, 0.3) is 0 Å². The van der Waals surface area contributed by atoms with Gasteiger partial charge in [-0.15, -0.1) is 5.92 Å². The minimum atomic E-state index is -0.681. The molecule has 1 atom stereocenters. The summed E-state index contributed by atoms with van der Waals surface area (Å²) in [5.74, 6) is 5.32. The third-order valence-electron chi connectivity index (χ3n) is 1.08. The highest BCUT2D eigenvalue weighted by molar-refractivity contribution is 5.61. The molecule has 0 amide bonds. The molecular weight excluding hydrogens is 148 g/mol. The van der Waals surface area contributed by atoms with Gasteiger partial charge in [0, 0.05) is 0 Å². The topological polar surface area (TPSA) is 44.8 Å². The molecule has 11 heavy (non-hydrogen) atoms. The van der Waals surface area contributed by atoms with Crippen LogP contribution in [0, 0.1) is 11.8 Å². The van der Waals surface area contributed by atoms with Crippen LogP contribution in [0.3, 0.4) is 0 Å². The van der Waals surface area contributed by atoms with Crippen molar-refractivity contribution in [3.63, 3.8) is 0 Å². The number of ether oxygens (including phenoxy) is 3. The molecule has 0 radical (unpaired) electrons. The van der Waals surface area contributed by atoms with Crippen LogP contribution < -0.4 is 0 Å². The molecule has 1 unspecified atom stereocenters. The molecule has 0 aromatic carbocycles. The van der Waals surface area contributed by atoms with E-state index in [1.54, 1.807) is 6.92 Å². The van der Waals surface area contributed by atoms with Crippen molar-refractivity contribution in [1.82, 2.24) is 0 Å². The lowest BCUT2D eigenvalue weighted by Gasteiger charge is -2.02. The second-order valence-corrected chi connectivity index (χ2v) is 1.85. The van der Waals surface area contributed by atoms with Crippen LogP contribution >= 0.6 is 0 Å². The van der Waals surface area contributed by atoms with Gasteiger partial charge in [0.15, 0.2) is 6.61 Å². The first-order chi connectivity index (χ1) is 5.33. The highest BCUT2D eigenvalue weighted by Crippen LogP contribution is 2.06. The molecule has 4 nitrogen and oxygen atoms in total. The van der Waals surface area contributed by atoms with E-state index in [4.69, 9.17) is 4.74 Å². The summed E-state index contributed by atoms with van der Waals surface area (Å²) >= 11 is 0. The summed E-state index contributed by atoms with van der Waals surface area (Å²) in [5.41, 5.74) is 0. The van der Waals surface area contributed by atoms with Gasteiger partial charge in [-0.3, -0.25) is 0 Å². The Labute approximate surface area is 64.4 Å². The molecule has 0 N–H and O–H groups in total. The van der Waals surface area contributed by atoms with E-state index in [1.807, 2.05) is 0 Å². The number of carbonyl (C=O) groups excluding carboxylic acids is 1. The number of cyclic esters (lactones) is 2. The monoisotopic (exact) mass is 156 g/mol. The molecule has 1 aliphatic rings. The predicted molar refractivity (Wildman–Crippen MR) is 35.6 cm³/mol. The summed E-state index contributed by atoms with van der Waals surface area (Å²) < 4.78 is 14.0. The highest BCUT2D eigenvalue weighted by atomic mass is 16.8. The Morgan fingerprint density at radius 1 is 1.82 bits per heavy atom. The van der Waals surface area contributed by atoms with E-state index in [0.717, 1.165) is 0 Å². The summed E-state index contributed by atoms with van der Waals surface area (Å²) in [7, 11) is 0. The van der Waals surface area contributed by atoms with E-state index in [1.165, 1.54) is 0 Å². The molecule has 1 aliphatic heterocycles. The first-order valence-corrected chi connectivity index (χ1v) is 3.17. The average molecular weight is 156 g/mol. The second kappa shape index (κ2) is 3.84. The van der Waals surface area contributed by atoms with Gasteiger partial charge in [0.05, 0.1) is 0 Å². The van der Waals surface area contributed by atoms with Crippen LogP contribution in [-0.4, -0.2) is 25.7 Å². The summed E-state index contributed by atoms with van der Waals surface area (Å²) in [6, 6.07) is 0. The Bertz CT molecular complexity index is 200. The van der Waals surface area contributed by atoms with Gasteiger partial charge in [-0.25, -0.2) is 4.79 Å². The van der Waals surface area contributed by atoms with Gasteiger partial charge < -0.3 is 14.2 Å². The lowest BCUT2D eigenvalue weighted by atomic mass is 10.6. The molecule has 0 aliphatic carbocycles. The zero-order valence-corrected chi connectivity index (χ0v) is 6.12. The fourth-order valence-electron chi connectivity index (χ4n) is 0.600. The normalized spacial score (nSPS) is 21.5. The minimum absolute atomic E-state index is 0.157. The van der Waals surface area contributed by atoms with Gasteiger partial charge in [-0.05, 0) is 6.92 Å². The molecular formula is C7H8O4. The summed E-state index contributed by atoms with van der Waals surface area (Å²) in [6.45, 7) is 2.13. The summed E-state index contributed by atoms with van der Waals surface area (Å²) in [4.78, 5) is 10.3. The Morgan fingerprint density at radius 2 is 2.64 bits per heavy atom. The van der Waals surface area contributed by atoms with E-state index in [0.29, 0.717) is 0 Å². The van der Waals surface area contributed by atoms with Gasteiger partial charge in [0.1, 0.15) is 6.61 Å². The molecule has 0 aromatic rings. The maximum absolute atomic E-state index is 10.3. The lowest BCUT2D eigenvalue weighted by molar-refractivity contribution is -0.0641. The first kappa shape index (κ1) is 7.89. The van der Waals surface area contributed by atoms with Crippen molar-refractivity contribution >= 4 is 6.16 Å². The van der Waals surface area contributed by atoms with Crippen LogP contribution in [0.1, 0.15) is 6.92 Å². The van der Waals surface area contributed by atoms with Crippen molar-refractivity contribution in [2.75, 3.05) is 13.2 Å². The van der Waals surface area contributed by atoms with Gasteiger partial charge >= 0.3 is 6.16 Å². The SMILES string of the molecule is CC#CCOC1COC(=O)O1. The Kier molecular flexibility index (Phi) is 2.75. The van der Waals surface area contributed by atoms with Crippen molar-refractivity contribution in [3.05, 3.63) is 0 Å². The smallest absolute Gasteiger partial charge is 0.428 e. The number of hydrogen-bond acceptors (Lipinski definition) is 4. The van der Waals surface area contributed by atoms with E-state index in [2.05, 4.69) is 21.3 Å². The lowest BCUT2D eigenvalue weighted by Crippen LogP contribution is -2.14. The number of rotatable bonds is 2. The molecule has 1 saturated heterocycles. The van der Waals surface area contributed by atoms with Crippen LogP contribution in [-0.2, 0) is 14.2 Å². The van der Waals surface area contributed by atoms with Crippen LogP contribution in [0.25, 0.3) is 0 Å². The zero-order chi connectivity index (χ0) is 8.10. The Morgan fingerprint density at radius 3 is 3.18 bits per heavy atom. The van der Waals surface area contributed by atoms with E-state index >= 15 is 0 Å². The molecule has 0 bridgehead atoms. The first-order valence-electron chi connectivity index (χ1n) is 3.17. The van der Waals surface area contributed by atoms with Crippen molar-refractivity contribution in [1.29, 1.82) is 0 Å². The molecule has 1 heterocycles. The highest BCUT2D eigenvalue weighted by Gasteiger charge is 2.24. The molecule has 60 valence electrons. The maximum Gasteiger partial charge on any atom is 0.510 e. The van der Waals surface area contributed by atoms with Crippen molar-refractivity contribution in [3.8, 4) is 11.8 Å². The third-order valence-corrected chi connectivity index (χ3v) is 1.08.